The van der Waals surface area contributed by atoms with Crippen LogP contribution in [0.25, 0.3) is 22.5 Å². The van der Waals surface area contributed by atoms with Gasteiger partial charge < -0.3 is 9.67 Å². The maximum absolute atomic E-state index is 10.0. The third-order valence-corrected chi connectivity index (χ3v) is 4.95. The summed E-state index contributed by atoms with van der Waals surface area (Å²) in [6, 6.07) is 20.5. The van der Waals surface area contributed by atoms with Crippen molar-refractivity contribution in [2.24, 2.45) is 0 Å². The molecule has 1 atom stereocenters. The molecule has 0 unspecified atom stereocenters. The fourth-order valence-electron chi connectivity index (χ4n) is 2.83. The predicted octanol–water partition coefficient (Wildman–Crippen LogP) is 3.68. The van der Waals surface area contributed by atoms with Crippen LogP contribution in [0.15, 0.2) is 65.8 Å². The zero-order chi connectivity index (χ0) is 14.9. The number of hydrogen-bond acceptors (Lipinski definition) is 3. The summed E-state index contributed by atoms with van der Waals surface area (Å²) >= 11 is 1.62. The first-order valence-corrected chi connectivity index (χ1v) is 8.34. The van der Waals surface area contributed by atoms with Gasteiger partial charge in [0.05, 0.1) is 24.0 Å². The topological polar surface area (TPSA) is 38.1 Å². The Balaban J connectivity index is 1.95. The molecule has 3 aromatic rings. The third kappa shape index (κ3) is 2.34. The lowest BCUT2D eigenvalue weighted by Crippen LogP contribution is -2.24. The van der Waals surface area contributed by atoms with Gasteiger partial charge in [-0.05, 0) is 0 Å². The molecule has 0 spiro atoms. The number of nitrogens with zero attached hydrogens (tertiary/aromatic N) is 2. The van der Waals surface area contributed by atoms with Crippen molar-refractivity contribution in [1.29, 1.82) is 0 Å². The Labute approximate surface area is 133 Å². The first-order chi connectivity index (χ1) is 10.8. The van der Waals surface area contributed by atoms with Crippen LogP contribution >= 0.6 is 11.8 Å². The number of aromatic nitrogens is 2. The minimum atomic E-state index is -0.321. The Hall–Kier alpha value is -2.04. The molecule has 4 rings (SSSR count). The molecule has 110 valence electrons. The molecule has 1 N–H and O–H groups in total. The van der Waals surface area contributed by atoms with Crippen molar-refractivity contribution >= 4 is 11.8 Å². The number of thioether (sulfide) groups is 1. The first kappa shape index (κ1) is 13.6. The highest BCUT2D eigenvalue weighted by Gasteiger charge is 2.25. The van der Waals surface area contributed by atoms with E-state index < -0.39 is 0 Å². The van der Waals surface area contributed by atoms with E-state index in [2.05, 4.69) is 28.8 Å². The van der Waals surface area contributed by atoms with Crippen LogP contribution in [-0.2, 0) is 6.54 Å². The van der Waals surface area contributed by atoms with Crippen LogP contribution in [0.3, 0.4) is 0 Å². The summed E-state index contributed by atoms with van der Waals surface area (Å²) in [5, 5.41) is 11.0. The van der Waals surface area contributed by atoms with Gasteiger partial charge in [-0.25, -0.2) is 4.98 Å². The molecule has 0 saturated heterocycles. The summed E-state index contributed by atoms with van der Waals surface area (Å²) in [6.45, 7) is 0.604. The van der Waals surface area contributed by atoms with Gasteiger partial charge in [0.2, 0.25) is 0 Å². The van der Waals surface area contributed by atoms with E-state index in [1.54, 1.807) is 11.8 Å². The molecule has 0 bridgehead atoms. The number of benzene rings is 2. The molecule has 0 amide bonds. The third-order valence-electron chi connectivity index (χ3n) is 3.83. The van der Waals surface area contributed by atoms with Crippen molar-refractivity contribution in [3.05, 3.63) is 60.7 Å². The zero-order valence-electron chi connectivity index (χ0n) is 12.0. The van der Waals surface area contributed by atoms with Crippen LogP contribution in [-0.4, -0.2) is 26.5 Å². The van der Waals surface area contributed by atoms with Gasteiger partial charge in [-0.2, -0.15) is 0 Å². The first-order valence-electron chi connectivity index (χ1n) is 7.35. The molecule has 2 aromatic carbocycles. The lowest BCUT2D eigenvalue weighted by atomic mass is 10.0. The second-order valence-electron chi connectivity index (χ2n) is 5.40. The van der Waals surface area contributed by atoms with E-state index in [1.165, 1.54) is 0 Å². The van der Waals surface area contributed by atoms with E-state index in [0.29, 0.717) is 12.3 Å². The van der Waals surface area contributed by atoms with Crippen molar-refractivity contribution in [3.8, 4) is 22.5 Å². The summed E-state index contributed by atoms with van der Waals surface area (Å²) in [4.78, 5) is 4.85. The monoisotopic (exact) mass is 308 g/mol. The van der Waals surface area contributed by atoms with E-state index in [0.717, 1.165) is 27.7 Å². The number of fused-ring (bicyclic) bond motifs is 1. The van der Waals surface area contributed by atoms with E-state index in [9.17, 15) is 5.11 Å². The Kier molecular flexibility index (Phi) is 3.48. The molecule has 4 heteroatoms. The molecule has 1 aliphatic rings. The van der Waals surface area contributed by atoms with Crippen molar-refractivity contribution in [1.82, 2.24) is 9.55 Å². The van der Waals surface area contributed by atoms with Gasteiger partial charge in [0.25, 0.3) is 0 Å². The molecule has 0 radical (unpaired) electrons. The number of aliphatic hydroxyl groups excluding tert-OH is 1. The Morgan fingerprint density at radius 2 is 1.59 bits per heavy atom. The largest absolute Gasteiger partial charge is 0.390 e. The number of aliphatic hydroxyl groups is 1. The van der Waals surface area contributed by atoms with Crippen LogP contribution in [0.5, 0.6) is 0 Å². The van der Waals surface area contributed by atoms with E-state index in [-0.39, 0.29) is 6.10 Å². The molecular formula is C18H16N2OS. The van der Waals surface area contributed by atoms with Gasteiger partial charge in [-0.3, -0.25) is 0 Å². The number of imidazole rings is 1. The maximum Gasteiger partial charge on any atom is 0.169 e. The lowest BCUT2D eigenvalue weighted by molar-refractivity contribution is 0.171. The van der Waals surface area contributed by atoms with Crippen LogP contribution in [0.4, 0.5) is 0 Å². The predicted molar refractivity (Wildman–Crippen MR) is 89.8 cm³/mol. The molecule has 1 aromatic heterocycles. The van der Waals surface area contributed by atoms with Gasteiger partial charge in [-0.15, -0.1) is 0 Å². The summed E-state index contributed by atoms with van der Waals surface area (Å²) < 4.78 is 2.15. The normalized spacial score (nSPS) is 17.2. The Morgan fingerprint density at radius 3 is 2.27 bits per heavy atom. The van der Waals surface area contributed by atoms with Gasteiger partial charge in [0, 0.05) is 16.9 Å². The zero-order valence-corrected chi connectivity index (χ0v) is 12.8. The van der Waals surface area contributed by atoms with Crippen LogP contribution < -0.4 is 0 Å². The average molecular weight is 308 g/mol. The molecule has 22 heavy (non-hydrogen) atoms. The molecule has 0 saturated carbocycles. The van der Waals surface area contributed by atoms with Crippen molar-refractivity contribution in [2.45, 2.75) is 17.8 Å². The van der Waals surface area contributed by atoms with Crippen molar-refractivity contribution in [2.75, 3.05) is 5.75 Å². The highest BCUT2D eigenvalue weighted by molar-refractivity contribution is 7.99. The molecule has 3 nitrogen and oxygen atoms in total. The highest BCUT2D eigenvalue weighted by Crippen LogP contribution is 2.38. The SMILES string of the molecule is O[C@@H]1CSc2nc(-c3ccccc3)c(-c3ccccc3)n2C1. The van der Waals surface area contributed by atoms with Crippen LogP contribution in [0.1, 0.15) is 0 Å². The van der Waals surface area contributed by atoms with Gasteiger partial charge in [0.15, 0.2) is 5.16 Å². The second kappa shape index (κ2) is 5.63. The molecule has 2 heterocycles. The van der Waals surface area contributed by atoms with Gasteiger partial charge >= 0.3 is 0 Å². The van der Waals surface area contributed by atoms with Gasteiger partial charge in [-0.1, -0.05) is 72.4 Å². The summed E-state index contributed by atoms with van der Waals surface area (Å²) in [6.07, 6.45) is -0.321. The Morgan fingerprint density at radius 1 is 0.955 bits per heavy atom. The standard InChI is InChI=1S/C18H16N2OS/c21-15-11-20-17(14-9-5-2-6-10-14)16(19-18(20)22-12-15)13-7-3-1-4-8-13/h1-10,15,21H,11-12H2/t15-/m0/s1. The van der Waals surface area contributed by atoms with Crippen LogP contribution in [0, 0.1) is 0 Å². The number of rotatable bonds is 2. The lowest BCUT2D eigenvalue weighted by Gasteiger charge is -2.20. The highest BCUT2D eigenvalue weighted by atomic mass is 32.2. The van der Waals surface area contributed by atoms with E-state index in [1.807, 2.05) is 36.4 Å². The fourth-order valence-corrected chi connectivity index (χ4v) is 3.76. The molecule has 0 fully saturated rings. The quantitative estimate of drug-likeness (QED) is 0.785. The fraction of sp³-hybridized carbons (Fsp3) is 0.167. The van der Waals surface area contributed by atoms with E-state index in [4.69, 9.17) is 4.98 Å². The summed E-state index contributed by atoms with van der Waals surface area (Å²) in [5.74, 6) is 0.708. The van der Waals surface area contributed by atoms with E-state index >= 15 is 0 Å². The molecule has 1 aliphatic heterocycles. The minimum Gasteiger partial charge on any atom is -0.390 e. The molecule has 0 aliphatic carbocycles. The van der Waals surface area contributed by atoms with Crippen molar-refractivity contribution < 1.29 is 5.11 Å². The second-order valence-corrected chi connectivity index (χ2v) is 6.39. The molecular weight excluding hydrogens is 292 g/mol. The average Bonchev–Trinajstić information content (AvgIpc) is 2.95. The maximum atomic E-state index is 10.0. The van der Waals surface area contributed by atoms with Crippen molar-refractivity contribution in [3.63, 3.8) is 0 Å². The smallest absolute Gasteiger partial charge is 0.169 e. The minimum absolute atomic E-state index is 0.321. The van der Waals surface area contributed by atoms with Crippen LogP contribution in [0.2, 0.25) is 0 Å². The summed E-state index contributed by atoms with van der Waals surface area (Å²) in [5.41, 5.74) is 4.32. The number of hydrogen-bond donors (Lipinski definition) is 1. The van der Waals surface area contributed by atoms with Gasteiger partial charge in [0.1, 0.15) is 0 Å². The Bertz CT molecular complexity index is 784. The summed E-state index contributed by atoms with van der Waals surface area (Å²) in [7, 11) is 0.